The number of hydrogen-bond acceptors (Lipinski definition) is 6. The average Bonchev–Trinajstić information content (AvgIpc) is 3.06. The van der Waals surface area contributed by atoms with Crippen molar-refractivity contribution in [1.29, 1.82) is 0 Å². The molecule has 2 N–H and O–H groups in total. The van der Waals surface area contributed by atoms with Crippen molar-refractivity contribution in [3.8, 4) is 0 Å². The molecule has 0 bridgehead atoms. The van der Waals surface area contributed by atoms with E-state index in [1.165, 1.54) is 170 Å². The van der Waals surface area contributed by atoms with Gasteiger partial charge in [0.05, 0.1) is 59.0 Å². The summed E-state index contributed by atoms with van der Waals surface area (Å²) in [4.78, 5) is 29.3. The molecule has 0 amide bonds. The fourth-order valence-corrected chi connectivity index (χ4v) is 8.27. The largest absolute Gasteiger partial charge is 0.778 e. The lowest BCUT2D eigenvalue weighted by molar-refractivity contribution is -0.929. The van der Waals surface area contributed by atoms with Gasteiger partial charge in [0.1, 0.15) is 7.60 Å². The molecule has 49 heavy (non-hydrogen) atoms. The number of aliphatic hydroxyl groups excluding tert-OH is 1. The lowest BCUT2D eigenvalue weighted by Gasteiger charge is -2.39. The van der Waals surface area contributed by atoms with Crippen molar-refractivity contribution in [2.45, 2.75) is 171 Å². The number of quaternary nitrogens is 2. The molecule has 2 atom stereocenters. The second-order valence-corrected chi connectivity index (χ2v) is 17.4. The van der Waals surface area contributed by atoms with E-state index in [9.17, 15) is 18.9 Å². The first-order chi connectivity index (χ1) is 23.1. The molecule has 0 aliphatic heterocycles. The van der Waals surface area contributed by atoms with Gasteiger partial charge in [-0.05, 0) is 64.7 Å². The Labute approximate surface area is 305 Å². The number of nitrogens with zero attached hydrogens (tertiary/aromatic N) is 2. The normalized spacial score (nSPS) is 14.7. The van der Waals surface area contributed by atoms with Gasteiger partial charge >= 0.3 is 0 Å². The van der Waals surface area contributed by atoms with Crippen LogP contribution in [0.3, 0.4) is 0 Å². The number of unbranched alkanes of at least 4 members (excludes halogenated alkanes) is 8. The molecule has 0 heterocycles. The summed E-state index contributed by atoms with van der Waals surface area (Å²) in [5, 5.41) is 8.46. The van der Waals surface area contributed by atoms with Crippen molar-refractivity contribution in [1.82, 2.24) is 0 Å². The Hall–Kier alpha value is -0.0800. The van der Waals surface area contributed by atoms with Crippen molar-refractivity contribution in [3.05, 3.63) is 11.6 Å². The summed E-state index contributed by atoms with van der Waals surface area (Å²) in [7, 11) is -9.85. The van der Waals surface area contributed by atoms with Crippen LogP contribution in [0, 0.1) is 0 Å². The maximum absolute atomic E-state index is 10.9. The van der Waals surface area contributed by atoms with Crippen LogP contribution in [0.1, 0.15) is 171 Å². The van der Waals surface area contributed by atoms with Crippen molar-refractivity contribution in [3.63, 3.8) is 0 Å². The Morgan fingerprint density at radius 1 is 0.571 bits per heavy atom. The number of aliphatic hydroxyl groups is 1. The van der Waals surface area contributed by atoms with Gasteiger partial charge in [-0.25, -0.2) is 0 Å². The van der Waals surface area contributed by atoms with E-state index in [0.717, 1.165) is 0 Å². The molecular formula is C38H84N2O7P2. The predicted molar refractivity (Wildman–Crippen MR) is 208 cm³/mol. The molecule has 9 nitrogen and oxygen atoms in total. The lowest BCUT2D eigenvalue weighted by Crippen LogP contribution is -2.50. The molecule has 0 aromatic carbocycles. The van der Waals surface area contributed by atoms with Crippen LogP contribution in [0.2, 0.25) is 0 Å². The van der Waals surface area contributed by atoms with Crippen LogP contribution in [0.15, 0.2) is 11.6 Å². The molecule has 0 aliphatic carbocycles. The smallest absolute Gasteiger partial charge is 0.270 e. The van der Waals surface area contributed by atoms with Crippen LogP contribution in [-0.4, -0.2) is 84.1 Å². The molecule has 11 heteroatoms. The van der Waals surface area contributed by atoms with Crippen LogP contribution in [0.4, 0.5) is 0 Å². The van der Waals surface area contributed by atoms with Crippen LogP contribution in [0.25, 0.3) is 0 Å². The minimum Gasteiger partial charge on any atom is -0.778 e. The zero-order valence-corrected chi connectivity index (χ0v) is 35.7. The van der Waals surface area contributed by atoms with Crippen molar-refractivity contribution >= 4 is 15.4 Å². The second kappa shape index (κ2) is 33.7. The van der Waals surface area contributed by atoms with Crippen LogP contribution >= 0.6 is 15.4 Å². The molecule has 0 radical (unpaired) electrons. The minimum atomic E-state index is -5.26. The first-order valence-corrected chi connectivity index (χ1v) is 23.4. The number of allylic oxidation sites excluding steroid dienone is 1. The van der Waals surface area contributed by atoms with Gasteiger partial charge in [-0.3, -0.25) is 8.88 Å². The molecule has 0 saturated heterocycles. The van der Waals surface area contributed by atoms with Gasteiger partial charge in [-0.1, -0.05) is 118 Å². The summed E-state index contributed by atoms with van der Waals surface area (Å²) in [6.45, 7) is 31.4. The third kappa shape index (κ3) is 33.5. The zero-order chi connectivity index (χ0) is 38.1. The van der Waals surface area contributed by atoms with E-state index in [-0.39, 0.29) is 13.0 Å². The predicted octanol–water partition coefficient (Wildman–Crippen LogP) is 9.35. The summed E-state index contributed by atoms with van der Waals surface area (Å²) < 4.78 is 27.4. The maximum Gasteiger partial charge on any atom is 0.270 e. The van der Waals surface area contributed by atoms with Crippen LogP contribution in [0.5, 0.6) is 0 Å². The third-order valence-corrected chi connectivity index (χ3v) is 11.9. The van der Waals surface area contributed by atoms with Crippen LogP contribution in [-0.2, 0) is 13.4 Å². The van der Waals surface area contributed by atoms with Gasteiger partial charge < -0.3 is 33.3 Å². The molecule has 0 aromatic rings. The van der Waals surface area contributed by atoms with Crippen molar-refractivity contribution < 1.29 is 42.2 Å². The Morgan fingerprint density at radius 2 is 0.816 bits per heavy atom. The van der Waals surface area contributed by atoms with Crippen molar-refractivity contribution in [2.75, 3.05) is 65.1 Å². The van der Waals surface area contributed by atoms with E-state index in [0.29, 0.717) is 5.57 Å². The molecule has 0 aromatic heterocycles. The maximum atomic E-state index is 10.9. The number of phosphoric acid groups is 1. The van der Waals surface area contributed by atoms with Gasteiger partial charge in [0.25, 0.3) is 7.82 Å². The zero-order valence-electron chi connectivity index (χ0n) is 33.9. The highest BCUT2D eigenvalue weighted by molar-refractivity contribution is 7.62. The van der Waals surface area contributed by atoms with E-state index in [1.54, 1.807) is 6.92 Å². The van der Waals surface area contributed by atoms with E-state index >= 15 is 0 Å². The summed E-state index contributed by atoms with van der Waals surface area (Å²) in [5.74, 6) is 0. The highest BCUT2D eigenvalue weighted by atomic mass is 31.3. The average molecular weight is 743 g/mol. The molecule has 298 valence electrons. The quantitative estimate of drug-likeness (QED) is 0.0426. The Balaban J connectivity index is -0.000000649. The summed E-state index contributed by atoms with van der Waals surface area (Å²) in [6.07, 6.45) is 23.0. The Bertz CT molecular complexity index is 741. The molecule has 0 saturated carbocycles. The van der Waals surface area contributed by atoms with E-state index in [4.69, 9.17) is 10.00 Å². The first kappa shape index (κ1) is 53.3. The Morgan fingerprint density at radius 3 is 1.00 bits per heavy atom. The fraction of sp³-hybridized carbons (Fsp3) is 0.947. The highest BCUT2D eigenvalue weighted by Crippen LogP contribution is 2.52. The standard InChI is InChI=1S/2C16H36N.C6H14O7P2/c2*1-5-9-13-17(14-10-6-2,15-11-7-3)16-12-8-4;1-6(2-4-7)3-5-14(8,9)13-15(10,11)12/h2*5-16H2,1-4H3;2,7H,3-5H2,1H3,(H,8,9)(H2,10,11,12)/q2*+1;/p-2/b;;6-2-. The van der Waals surface area contributed by atoms with Gasteiger partial charge in [0.15, 0.2) is 0 Å². The molecule has 0 aliphatic rings. The van der Waals surface area contributed by atoms with Gasteiger partial charge in [-0.15, -0.1) is 0 Å². The molecule has 0 spiro atoms. The van der Waals surface area contributed by atoms with Gasteiger partial charge in [0.2, 0.25) is 0 Å². The highest BCUT2D eigenvalue weighted by Gasteiger charge is 2.26. The van der Waals surface area contributed by atoms with Gasteiger partial charge in [0, 0.05) is 6.16 Å². The summed E-state index contributed by atoms with van der Waals surface area (Å²) in [5.41, 5.74) is 0.579. The number of rotatable bonds is 30. The van der Waals surface area contributed by atoms with E-state index in [1.807, 2.05) is 0 Å². The molecule has 0 fully saturated rings. The monoisotopic (exact) mass is 743 g/mol. The Kier molecular flexibility index (Phi) is 36.7. The summed E-state index contributed by atoms with van der Waals surface area (Å²) in [6, 6.07) is 0. The second-order valence-electron chi connectivity index (χ2n) is 14.2. The first-order valence-electron chi connectivity index (χ1n) is 20.2. The topological polar surface area (TPSA) is 130 Å². The number of hydrogen-bond donors (Lipinski definition) is 2. The van der Waals surface area contributed by atoms with Crippen LogP contribution < -0.4 is 9.79 Å². The molecular weight excluding hydrogens is 658 g/mol. The van der Waals surface area contributed by atoms with E-state index < -0.39 is 21.6 Å². The fourth-order valence-electron chi connectivity index (χ4n) is 6.06. The lowest BCUT2D eigenvalue weighted by atomic mass is 10.1. The minimum absolute atomic E-state index is 0.0291. The van der Waals surface area contributed by atoms with Crippen molar-refractivity contribution in [2.24, 2.45) is 0 Å². The molecule has 2 unspecified atom stereocenters. The van der Waals surface area contributed by atoms with E-state index in [2.05, 4.69) is 59.7 Å². The summed E-state index contributed by atoms with van der Waals surface area (Å²) >= 11 is 0. The third-order valence-electron chi connectivity index (χ3n) is 9.34. The molecule has 0 rings (SSSR count). The van der Waals surface area contributed by atoms with Gasteiger partial charge in [-0.2, -0.15) is 0 Å². The SMILES string of the molecule is C/C(=C/CO)CCP(=O)([O-])OP(=O)([O-])O.CCCC[N+](CCCC)(CCCC)CCCC.CCCC[N+](CCCC)(CCCC)CCCC.